The van der Waals surface area contributed by atoms with Crippen molar-refractivity contribution in [3.05, 3.63) is 216 Å². The van der Waals surface area contributed by atoms with Gasteiger partial charge in [0.25, 0.3) is 0 Å². The molecule has 8 aromatic rings. The van der Waals surface area contributed by atoms with Crippen LogP contribution in [0, 0.1) is 0 Å². The largest absolute Gasteiger partial charge is 0.494 e. The maximum absolute atomic E-state index is 6.20. The van der Waals surface area contributed by atoms with Crippen molar-refractivity contribution in [2.45, 2.75) is 110 Å². The van der Waals surface area contributed by atoms with E-state index in [0.29, 0.717) is 0 Å². The van der Waals surface area contributed by atoms with E-state index < -0.39 is 0 Å². The number of aliphatic imine (C=N–C) groups is 2. The Balaban J connectivity index is 0.766. The summed E-state index contributed by atoms with van der Waals surface area (Å²) in [6, 6.07) is 66.3. The molecule has 0 unspecified atom stereocenters. The van der Waals surface area contributed by atoms with Crippen LogP contribution in [0.5, 0.6) is 34.5 Å². The zero-order valence-corrected chi connectivity index (χ0v) is 44.6. The third kappa shape index (κ3) is 16.7. The predicted octanol–water partition coefficient (Wildman–Crippen LogP) is 19.9. The van der Waals surface area contributed by atoms with Gasteiger partial charge in [0.1, 0.15) is 34.5 Å². The number of rotatable bonds is 28. The summed E-state index contributed by atoms with van der Waals surface area (Å²) in [5, 5.41) is 0. The lowest BCUT2D eigenvalue weighted by atomic mass is 9.77. The van der Waals surface area contributed by atoms with Gasteiger partial charge in [0.2, 0.25) is 0 Å². The van der Waals surface area contributed by atoms with Crippen molar-refractivity contribution in [2.24, 2.45) is 9.98 Å². The second kappa shape index (κ2) is 28.1. The molecule has 0 radical (unpaired) electrons. The Hall–Kier alpha value is -7.70. The van der Waals surface area contributed by atoms with Crippen molar-refractivity contribution in [1.29, 1.82) is 0 Å². The fourth-order valence-corrected chi connectivity index (χ4v) is 8.97. The van der Waals surface area contributed by atoms with Crippen LogP contribution in [0.15, 0.2) is 204 Å². The Morgan fingerprint density at radius 1 is 0.320 bits per heavy atom. The van der Waals surface area contributed by atoms with Crippen molar-refractivity contribution < 1.29 is 18.9 Å². The van der Waals surface area contributed by atoms with E-state index in [1.807, 2.05) is 134 Å². The van der Waals surface area contributed by atoms with Crippen LogP contribution < -0.4 is 18.9 Å². The first-order chi connectivity index (χ1) is 36.8. The van der Waals surface area contributed by atoms with Crippen LogP contribution in [0.2, 0.25) is 0 Å². The van der Waals surface area contributed by atoms with Crippen molar-refractivity contribution in [2.75, 3.05) is 13.2 Å². The second-order valence-corrected chi connectivity index (χ2v) is 19.9. The van der Waals surface area contributed by atoms with E-state index in [2.05, 4.69) is 110 Å². The van der Waals surface area contributed by atoms with Crippen LogP contribution in [-0.2, 0) is 5.41 Å². The molecular formula is C69H74N2O4. The minimum atomic E-state index is -0.185. The maximum atomic E-state index is 6.20. The molecule has 8 aromatic carbocycles. The first kappa shape index (κ1) is 53.6. The Morgan fingerprint density at radius 3 is 0.933 bits per heavy atom. The summed E-state index contributed by atoms with van der Waals surface area (Å²) in [5.41, 5.74) is 10.7. The standard InChI is InChI=1S/C69H74N2O4/c1-5-7-9-11-13-15-49-72-63-37-17-53(18-38-63)51-70-61-33-45-67(46-34-61)74-65-41-25-57(26-42-65)55-21-29-59(30-22-55)69(3,4)60-31-23-56(24-32-60)58-27-43-66(44-28-58)75-68-47-35-62(36-48-68)71-52-54-19-39-64(40-20-54)73-50-16-14-12-10-8-6-2/h17-48,51-52H,5-16,49-50H2,1-4H3. The summed E-state index contributed by atoms with van der Waals surface area (Å²) >= 11 is 0. The molecule has 0 fully saturated rings. The molecule has 75 heavy (non-hydrogen) atoms. The SMILES string of the molecule is CCCCCCCCOc1ccc(C=Nc2ccc(Oc3ccc(-c4ccc(C(C)(C)c5ccc(-c6ccc(Oc7ccc(N=Cc8ccc(OCCCCCCCC)cc8)cc7)cc6)cc5)cc4)cc3)cc2)cc1. The van der Waals surface area contributed by atoms with Crippen LogP contribution in [-0.4, -0.2) is 25.6 Å². The number of unbranched alkanes of at least 4 members (excludes halogenated alkanes) is 10. The van der Waals surface area contributed by atoms with Gasteiger partial charge < -0.3 is 18.9 Å². The van der Waals surface area contributed by atoms with Gasteiger partial charge in [-0.3, -0.25) is 9.98 Å². The molecule has 0 atom stereocenters. The quantitative estimate of drug-likeness (QED) is 0.0362. The average Bonchev–Trinajstić information content (AvgIpc) is 3.45. The molecular weight excluding hydrogens is 921 g/mol. The highest BCUT2D eigenvalue weighted by atomic mass is 16.5. The predicted molar refractivity (Wildman–Crippen MR) is 314 cm³/mol. The van der Waals surface area contributed by atoms with Crippen LogP contribution in [0.3, 0.4) is 0 Å². The maximum Gasteiger partial charge on any atom is 0.127 e. The fraction of sp³-hybridized carbons (Fsp3) is 0.275. The third-order valence-electron chi connectivity index (χ3n) is 13.8. The first-order valence-electron chi connectivity index (χ1n) is 27.3. The number of nitrogens with zero attached hydrogens (tertiary/aromatic N) is 2. The van der Waals surface area contributed by atoms with Gasteiger partial charge in [0, 0.05) is 17.8 Å². The number of hydrogen-bond donors (Lipinski definition) is 0. The molecule has 384 valence electrons. The van der Waals surface area contributed by atoms with Gasteiger partial charge in [-0.25, -0.2) is 0 Å². The molecule has 0 heterocycles. The first-order valence-corrected chi connectivity index (χ1v) is 27.3. The lowest BCUT2D eigenvalue weighted by Gasteiger charge is -2.26. The van der Waals surface area contributed by atoms with Crippen LogP contribution in [0.25, 0.3) is 22.3 Å². The molecule has 0 amide bonds. The van der Waals surface area contributed by atoms with E-state index in [4.69, 9.17) is 18.9 Å². The molecule has 0 aliphatic carbocycles. The van der Waals surface area contributed by atoms with E-state index >= 15 is 0 Å². The summed E-state index contributed by atoms with van der Waals surface area (Å²) in [7, 11) is 0. The van der Waals surface area contributed by atoms with E-state index in [1.165, 1.54) is 75.3 Å². The van der Waals surface area contributed by atoms with Gasteiger partial charge in [-0.1, -0.05) is 165 Å². The molecule has 8 rings (SSSR count). The molecule has 0 aromatic heterocycles. The third-order valence-corrected chi connectivity index (χ3v) is 13.8. The summed E-state index contributed by atoms with van der Waals surface area (Å²) < 4.78 is 24.3. The zero-order chi connectivity index (χ0) is 51.9. The molecule has 0 aliphatic heterocycles. The van der Waals surface area contributed by atoms with E-state index in [-0.39, 0.29) is 5.41 Å². The van der Waals surface area contributed by atoms with Crippen LogP contribution >= 0.6 is 0 Å². The van der Waals surface area contributed by atoms with Crippen molar-refractivity contribution in [1.82, 2.24) is 0 Å². The summed E-state index contributed by atoms with van der Waals surface area (Å²) in [6.07, 6.45) is 18.9. The van der Waals surface area contributed by atoms with Gasteiger partial charge in [-0.2, -0.15) is 0 Å². The Labute approximate surface area is 447 Å². The highest BCUT2D eigenvalue weighted by Crippen LogP contribution is 2.36. The van der Waals surface area contributed by atoms with E-state index in [1.54, 1.807) is 0 Å². The smallest absolute Gasteiger partial charge is 0.127 e. The molecule has 0 aliphatic rings. The topological polar surface area (TPSA) is 61.6 Å². The van der Waals surface area contributed by atoms with Gasteiger partial charge in [-0.05, 0) is 179 Å². The van der Waals surface area contributed by atoms with Crippen LogP contribution in [0.4, 0.5) is 11.4 Å². The van der Waals surface area contributed by atoms with E-state index in [9.17, 15) is 0 Å². The molecule has 0 saturated heterocycles. The Morgan fingerprint density at radius 2 is 0.600 bits per heavy atom. The molecule has 6 nitrogen and oxygen atoms in total. The number of hydrogen-bond acceptors (Lipinski definition) is 6. The second-order valence-electron chi connectivity index (χ2n) is 19.9. The van der Waals surface area contributed by atoms with E-state index in [0.717, 1.165) is 105 Å². The summed E-state index contributed by atoms with van der Waals surface area (Å²) in [4.78, 5) is 9.33. The van der Waals surface area contributed by atoms with Gasteiger partial charge in [-0.15, -0.1) is 0 Å². The Bertz CT molecular complexity index is 2750. The van der Waals surface area contributed by atoms with Crippen molar-refractivity contribution >= 4 is 23.8 Å². The lowest BCUT2D eigenvalue weighted by molar-refractivity contribution is 0.304. The van der Waals surface area contributed by atoms with Gasteiger partial charge in [0.05, 0.1) is 24.6 Å². The lowest BCUT2D eigenvalue weighted by Crippen LogP contribution is -2.18. The minimum Gasteiger partial charge on any atom is -0.494 e. The Kier molecular flexibility index (Phi) is 20.1. The summed E-state index contributed by atoms with van der Waals surface area (Å²) in [5.74, 6) is 4.90. The number of ether oxygens (including phenoxy) is 4. The van der Waals surface area contributed by atoms with Gasteiger partial charge >= 0.3 is 0 Å². The highest BCUT2D eigenvalue weighted by Gasteiger charge is 2.23. The molecule has 0 saturated carbocycles. The van der Waals surface area contributed by atoms with Gasteiger partial charge in [0.15, 0.2) is 0 Å². The molecule has 0 N–H and O–H groups in total. The zero-order valence-electron chi connectivity index (χ0n) is 44.6. The number of benzene rings is 8. The fourth-order valence-electron chi connectivity index (χ4n) is 8.97. The molecule has 6 heteroatoms. The van der Waals surface area contributed by atoms with Crippen molar-refractivity contribution in [3.8, 4) is 56.8 Å². The summed E-state index contributed by atoms with van der Waals surface area (Å²) in [6.45, 7) is 10.6. The van der Waals surface area contributed by atoms with Crippen LogP contribution in [0.1, 0.15) is 127 Å². The average molecular weight is 995 g/mol. The normalized spacial score (nSPS) is 11.6. The molecule has 0 bridgehead atoms. The minimum absolute atomic E-state index is 0.185. The molecule has 0 spiro atoms. The van der Waals surface area contributed by atoms with Crippen molar-refractivity contribution in [3.63, 3.8) is 0 Å². The monoisotopic (exact) mass is 995 g/mol. The highest BCUT2D eigenvalue weighted by molar-refractivity contribution is 5.83.